The molecule has 0 fully saturated rings. The molecular weight excluding hydrogens is 226 g/mol. The number of carbonyl (C=O) groups excluding carboxylic acids is 1. The quantitative estimate of drug-likeness (QED) is 0.774. The van der Waals surface area contributed by atoms with Crippen molar-refractivity contribution >= 4 is 16.7 Å². The van der Waals surface area contributed by atoms with E-state index in [0.29, 0.717) is 5.56 Å². The summed E-state index contributed by atoms with van der Waals surface area (Å²) in [7, 11) is 0. The molecule has 0 aliphatic carbocycles. The van der Waals surface area contributed by atoms with Gasteiger partial charge in [-0.05, 0) is 45.0 Å². The molecule has 0 saturated heterocycles. The molecule has 3 nitrogen and oxygen atoms in total. The van der Waals surface area contributed by atoms with Crippen LogP contribution in [0.2, 0.25) is 0 Å². The molecule has 0 unspecified atom stereocenters. The average molecular weight is 243 g/mol. The van der Waals surface area contributed by atoms with Crippen molar-refractivity contribution in [3.05, 3.63) is 41.6 Å². The van der Waals surface area contributed by atoms with E-state index >= 15 is 0 Å². The van der Waals surface area contributed by atoms with Gasteiger partial charge >= 0.3 is 0 Å². The predicted octanol–water partition coefficient (Wildman–Crippen LogP) is 3.15. The fourth-order valence-corrected chi connectivity index (χ4v) is 1.73. The number of ether oxygens (including phenoxy) is 1. The number of rotatable bonds is 4. The zero-order valence-corrected chi connectivity index (χ0v) is 10.9. The second-order valence-electron chi connectivity index (χ2n) is 4.64. The maximum atomic E-state index is 11.9. The lowest BCUT2D eigenvalue weighted by molar-refractivity contribution is 0.0585. The maximum absolute atomic E-state index is 11.9. The molecule has 1 aromatic carbocycles. The first-order valence-corrected chi connectivity index (χ1v) is 6.08. The summed E-state index contributed by atoms with van der Waals surface area (Å²) in [6.07, 6.45) is 0.0683. The summed E-state index contributed by atoms with van der Waals surface area (Å²) in [4.78, 5) is 16.3. The van der Waals surface area contributed by atoms with Crippen LogP contribution >= 0.6 is 0 Å². The summed E-state index contributed by atoms with van der Waals surface area (Å²) >= 11 is 0. The van der Waals surface area contributed by atoms with Crippen molar-refractivity contribution in [2.24, 2.45) is 0 Å². The zero-order valence-electron chi connectivity index (χ0n) is 10.9. The largest absolute Gasteiger partial charge is 0.371 e. The van der Waals surface area contributed by atoms with E-state index in [1.54, 1.807) is 6.07 Å². The number of Topliss-reactive ketones (excluding diaryl/α,β-unsaturated/α-hetero) is 1. The van der Waals surface area contributed by atoms with Crippen LogP contribution in [0.4, 0.5) is 0 Å². The van der Waals surface area contributed by atoms with Crippen LogP contribution in [0.25, 0.3) is 10.9 Å². The van der Waals surface area contributed by atoms with E-state index < -0.39 is 0 Å². The van der Waals surface area contributed by atoms with Gasteiger partial charge in [-0.3, -0.25) is 9.78 Å². The van der Waals surface area contributed by atoms with Crippen molar-refractivity contribution < 1.29 is 9.53 Å². The van der Waals surface area contributed by atoms with Gasteiger partial charge in [0.25, 0.3) is 0 Å². The molecule has 18 heavy (non-hydrogen) atoms. The first-order valence-electron chi connectivity index (χ1n) is 6.08. The molecule has 2 aromatic rings. The lowest BCUT2D eigenvalue weighted by Crippen LogP contribution is -2.13. The number of benzene rings is 1. The van der Waals surface area contributed by atoms with Gasteiger partial charge in [0, 0.05) is 16.6 Å². The molecule has 3 heteroatoms. The molecule has 1 aromatic heterocycles. The summed E-state index contributed by atoms with van der Waals surface area (Å²) in [5.41, 5.74) is 2.56. The molecule has 0 atom stereocenters. The Kier molecular flexibility index (Phi) is 3.72. The molecule has 94 valence electrons. The molecular formula is C15H17NO2. The number of hydrogen-bond acceptors (Lipinski definition) is 3. The minimum absolute atomic E-state index is 0.00572. The molecule has 0 bridgehead atoms. The van der Waals surface area contributed by atoms with Gasteiger partial charge in [0.1, 0.15) is 6.61 Å². The normalized spacial score (nSPS) is 11.1. The van der Waals surface area contributed by atoms with Gasteiger partial charge in [0.05, 0.1) is 11.6 Å². The molecule has 0 saturated carbocycles. The van der Waals surface area contributed by atoms with Gasteiger partial charge in [0.15, 0.2) is 5.78 Å². The second-order valence-corrected chi connectivity index (χ2v) is 4.64. The second kappa shape index (κ2) is 5.27. The molecule has 0 spiro atoms. The van der Waals surface area contributed by atoms with Crippen molar-refractivity contribution in [1.29, 1.82) is 0 Å². The van der Waals surface area contributed by atoms with E-state index in [2.05, 4.69) is 4.98 Å². The summed E-state index contributed by atoms with van der Waals surface area (Å²) in [6, 6.07) is 9.48. The Morgan fingerprint density at radius 3 is 2.78 bits per heavy atom. The minimum Gasteiger partial charge on any atom is -0.371 e. The maximum Gasteiger partial charge on any atom is 0.188 e. The minimum atomic E-state index is 0.00572. The van der Waals surface area contributed by atoms with E-state index in [-0.39, 0.29) is 18.5 Å². The Morgan fingerprint density at radius 2 is 2.06 bits per heavy atom. The van der Waals surface area contributed by atoms with Gasteiger partial charge in [0.2, 0.25) is 0 Å². The summed E-state index contributed by atoms with van der Waals surface area (Å²) in [5, 5.41) is 0.982. The van der Waals surface area contributed by atoms with E-state index in [0.717, 1.165) is 16.6 Å². The smallest absolute Gasteiger partial charge is 0.188 e. The van der Waals surface area contributed by atoms with E-state index in [1.165, 1.54) is 0 Å². The molecule has 1 heterocycles. The fraction of sp³-hybridized carbons (Fsp3) is 0.333. The first kappa shape index (κ1) is 12.7. The number of ketones is 1. The third-order valence-electron chi connectivity index (χ3n) is 2.70. The van der Waals surface area contributed by atoms with Crippen LogP contribution in [-0.2, 0) is 4.74 Å². The number of nitrogens with zero attached hydrogens (tertiary/aromatic N) is 1. The van der Waals surface area contributed by atoms with Crippen LogP contribution in [0.15, 0.2) is 30.3 Å². The Morgan fingerprint density at radius 1 is 1.28 bits per heavy atom. The topological polar surface area (TPSA) is 39.2 Å². The highest BCUT2D eigenvalue weighted by molar-refractivity contribution is 6.00. The highest BCUT2D eigenvalue weighted by Crippen LogP contribution is 2.15. The predicted molar refractivity (Wildman–Crippen MR) is 71.9 cm³/mol. The molecule has 0 aliphatic heterocycles. The van der Waals surface area contributed by atoms with Gasteiger partial charge in [-0.1, -0.05) is 6.07 Å². The number of aromatic nitrogens is 1. The average Bonchev–Trinajstić information content (AvgIpc) is 2.35. The van der Waals surface area contributed by atoms with Crippen LogP contribution in [-0.4, -0.2) is 23.5 Å². The highest BCUT2D eigenvalue weighted by atomic mass is 16.5. The fourth-order valence-electron chi connectivity index (χ4n) is 1.73. The lowest BCUT2D eigenvalue weighted by Gasteiger charge is -2.07. The number of fused-ring (bicyclic) bond motifs is 1. The van der Waals surface area contributed by atoms with Crippen molar-refractivity contribution in [1.82, 2.24) is 4.98 Å². The lowest BCUT2D eigenvalue weighted by atomic mass is 10.1. The van der Waals surface area contributed by atoms with Crippen molar-refractivity contribution in [3.8, 4) is 0 Å². The van der Waals surface area contributed by atoms with E-state index in [1.807, 2.05) is 45.0 Å². The van der Waals surface area contributed by atoms with E-state index in [9.17, 15) is 4.79 Å². The van der Waals surface area contributed by atoms with Gasteiger partial charge in [-0.15, -0.1) is 0 Å². The summed E-state index contributed by atoms with van der Waals surface area (Å²) < 4.78 is 5.32. The number of carbonyl (C=O) groups is 1. The van der Waals surface area contributed by atoms with E-state index in [4.69, 9.17) is 4.74 Å². The van der Waals surface area contributed by atoms with Crippen LogP contribution < -0.4 is 0 Å². The zero-order chi connectivity index (χ0) is 13.1. The number of aryl methyl sites for hydroxylation is 1. The summed E-state index contributed by atoms with van der Waals surface area (Å²) in [5.74, 6) is 0.00572. The first-order chi connectivity index (χ1) is 8.56. The third kappa shape index (κ3) is 2.93. The Bertz CT molecular complexity index is 576. The Labute approximate surface area is 107 Å². The van der Waals surface area contributed by atoms with Crippen molar-refractivity contribution in [2.75, 3.05) is 6.61 Å². The van der Waals surface area contributed by atoms with Crippen molar-refractivity contribution in [2.45, 2.75) is 26.9 Å². The SMILES string of the molecule is Cc1ccc2cc(C(=O)COC(C)C)ccc2n1. The van der Waals surface area contributed by atoms with Gasteiger partial charge in [-0.25, -0.2) is 0 Å². The third-order valence-corrected chi connectivity index (χ3v) is 2.70. The molecule has 0 radical (unpaired) electrons. The van der Waals surface area contributed by atoms with Gasteiger partial charge in [-0.2, -0.15) is 0 Å². The number of pyridine rings is 1. The van der Waals surface area contributed by atoms with Gasteiger partial charge < -0.3 is 4.74 Å². The van der Waals surface area contributed by atoms with Crippen LogP contribution in [0.1, 0.15) is 29.9 Å². The highest BCUT2D eigenvalue weighted by Gasteiger charge is 2.08. The van der Waals surface area contributed by atoms with Crippen LogP contribution in [0.3, 0.4) is 0 Å². The van der Waals surface area contributed by atoms with Crippen LogP contribution in [0, 0.1) is 6.92 Å². The summed E-state index contributed by atoms with van der Waals surface area (Å²) in [6.45, 7) is 5.91. The monoisotopic (exact) mass is 243 g/mol. The van der Waals surface area contributed by atoms with Crippen molar-refractivity contribution in [3.63, 3.8) is 0 Å². The molecule has 0 amide bonds. The Hall–Kier alpha value is -1.74. The molecule has 0 aliphatic rings. The standard InChI is InChI=1S/C15H17NO2/c1-10(2)18-9-15(17)13-6-7-14-12(8-13)5-4-11(3)16-14/h4-8,10H,9H2,1-3H3. The Balaban J connectivity index is 2.24. The molecule has 2 rings (SSSR count). The molecule has 0 N–H and O–H groups in total. The van der Waals surface area contributed by atoms with Crippen LogP contribution in [0.5, 0.6) is 0 Å². The number of hydrogen-bond donors (Lipinski definition) is 0.